The van der Waals surface area contributed by atoms with Crippen LogP contribution in [0.5, 0.6) is 5.75 Å². The number of amides is 1. The number of pyridine rings is 3. The molecule has 1 saturated carbocycles. The summed E-state index contributed by atoms with van der Waals surface area (Å²) >= 11 is 6.20. The minimum absolute atomic E-state index is 0.0229. The Morgan fingerprint density at radius 3 is 2.69 bits per heavy atom. The average molecular weight is 542 g/mol. The van der Waals surface area contributed by atoms with Crippen molar-refractivity contribution in [3.8, 4) is 22.9 Å². The fraction of sp³-hybridized carbons (Fsp3) is 0.345. The van der Waals surface area contributed by atoms with E-state index in [1.165, 1.54) is 16.9 Å². The first-order valence-corrected chi connectivity index (χ1v) is 13.3. The molecule has 10 heteroatoms. The van der Waals surface area contributed by atoms with Crippen LogP contribution in [0.2, 0.25) is 5.02 Å². The maximum absolute atomic E-state index is 12.7. The van der Waals surface area contributed by atoms with Gasteiger partial charge in [0.25, 0.3) is 5.91 Å². The van der Waals surface area contributed by atoms with Crippen molar-refractivity contribution >= 4 is 28.8 Å². The van der Waals surface area contributed by atoms with Crippen LogP contribution in [0.15, 0.2) is 48.9 Å². The lowest BCUT2D eigenvalue weighted by Crippen LogP contribution is -2.36. The van der Waals surface area contributed by atoms with E-state index in [0.29, 0.717) is 40.0 Å². The predicted octanol–water partition coefficient (Wildman–Crippen LogP) is 4.61. The predicted molar refractivity (Wildman–Crippen MR) is 148 cm³/mol. The molecule has 1 amide bonds. The number of aromatic hydroxyl groups is 1. The number of nitrogens with zero attached hydrogens (tertiary/aromatic N) is 6. The molecule has 198 valence electrons. The second-order valence-corrected chi connectivity index (χ2v) is 11.5. The number of aromatic nitrogens is 4. The molecule has 4 aromatic heterocycles. The van der Waals surface area contributed by atoms with Crippen LogP contribution in [0.3, 0.4) is 0 Å². The van der Waals surface area contributed by atoms with E-state index >= 15 is 0 Å². The highest BCUT2D eigenvalue weighted by molar-refractivity contribution is 6.33. The number of hydrogen-bond acceptors (Lipinski definition) is 7. The zero-order valence-corrected chi connectivity index (χ0v) is 22.5. The summed E-state index contributed by atoms with van der Waals surface area (Å²) in [6.07, 6.45) is 6.83. The molecule has 39 heavy (non-hydrogen) atoms. The Morgan fingerprint density at radius 1 is 1.23 bits per heavy atom. The van der Waals surface area contributed by atoms with E-state index in [9.17, 15) is 15.2 Å². The molecule has 2 aliphatic rings. The molecular formula is C29H28ClN7O2. The van der Waals surface area contributed by atoms with Crippen LogP contribution >= 0.6 is 11.6 Å². The second-order valence-electron chi connectivity index (χ2n) is 11.1. The van der Waals surface area contributed by atoms with Crippen molar-refractivity contribution < 1.29 is 9.90 Å². The lowest BCUT2D eigenvalue weighted by Gasteiger charge is -2.28. The first-order chi connectivity index (χ1) is 18.7. The van der Waals surface area contributed by atoms with Crippen molar-refractivity contribution in [1.82, 2.24) is 24.9 Å². The van der Waals surface area contributed by atoms with Gasteiger partial charge in [0.2, 0.25) is 0 Å². The SMILES string of the molecule is Cc1ccc(Cl)c(C(=O)NCC2(C)CC3CN(c4ccc(-c5cc(O)cn6ncc(C#N)c56)cn4)CC3C2)n1. The summed E-state index contributed by atoms with van der Waals surface area (Å²) in [5, 5.41) is 27.3. The summed E-state index contributed by atoms with van der Waals surface area (Å²) < 4.78 is 1.52. The summed E-state index contributed by atoms with van der Waals surface area (Å²) in [5.74, 6) is 1.82. The average Bonchev–Trinajstić information content (AvgIpc) is 3.59. The highest BCUT2D eigenvalue weighted by Gasteiger charge is 2.47. The van der Waals surface area contributed by atoms with Crippen LogP contribution in [-0.2, 0) is 0 Å². The van der Waals surface area contributed by atoms with E-state index in [0.717, 1.165) is 43.0 Å². The Bertz CT molecular complexity index is 1610. The third-order valence-corrected chi connectivity index (χ3v) is 8.37. The summed E-state index contributed by atoms with van der Waals surface area (Å²) in [4.78, 5) is 24.1. The maximum Gasteiger partial charge on any atom is 0.271 e. The molecule has 4 aromatic rings. The summed E-state index contributed by atoms with van der Waals surface area (Å²) in [5.41, 5.74) is 3.67. The number of carbonyl (C=O) groups excluding carboxylic acids is 1. The Hall–Kier alpha value is -4.16. The topological polar surface area (TPSA) is 119 Å². The van der Waals surface area contributed by atoms with Crippen molar-refractivity contribution in [3.05, 3.63) is 70.9 Å². The van der Waals surface area contributed by atoms with E-state index in [1.54, 1.807) is 24.4 Å². The zero-order chi connectivity index (χ0) is 27.3. The first kappa shape index (κ1) is 25.1. The molecule has 0 spiro atoms. The van der Waals surface area contributed by atoms with Crippen LogP contribution in [0.4, 0.5) is 5.82 Å². The number of fused-ring (bicyclic) bond motifs is 2. The van der Waals surface area contributed by atoms with E-state index in [2.05, 4.69) is 33.3 Å². The van der Waals surface area contributed by atoms with Gasteiger partial charge in [-0.1, -0.05) is 18.5 Å². The molecule has 0 radical (unpaired) electrons. The number of aryl methyl sites for hydroxylation is 1. The van der Waals surface area contributed by atoms with Gasteiger partial charge in [0.05, 0.1) is 28.5 Å². The molecule has 5 heterocycles. The van der Waals surface area contributed by atoms with Crippen molar-refractivity contribution in [2.45, 2.75) is 26.7 Å². The van der Waals surface area contributed by atoms with Gasteiger partial charge < -0.3 is 15.3 Å². The highest BCUT2D eigenvalue weighted by Crippen LogP contribution is 2.49. The monoisotopic (exact) mass is 541 g/mol. The van der Waals surface area contributed by atoms with Gasteiger partial charge in [0.15, 0.2) is 0 Å². The number of hydrogen-bond donors (Lipinski definition) is 2. The van der Waals surface area contributed by atoms with E-state index in [1.807, 2.05) is 19.1 Å². The molecule has 2 fully saturated rings. The van der Waals surface area contributed by atoms with Gasteiger partial charge in [-0.25, -0.2) is 14.5 Å². The van der Waals surface area contributed by atoms with Gasteiger partial charge in [-0.15, -0.1) is 0 Å². The number of nitrogens with one attached hydrogen (secondary N) is 1. The largest absolute Gasteiger partial charge is 0.506 e. The van der Waals surface area contributed by atoms with Crippen LogP contribution in [0, 0.1) is 35.5 Å². The van der Waals surface area contributed by atoms with Crippen molar-refractivity contribution in [1.29, 1.82) is 5.26 Å². The van der Waals surface area contributed by atoms with Crippen molar-refractivity contribution in [2.24, 2.45) is 17.3 Å². The summed E-state index contributed by atoms with van der Waals surface area (Å²) in [6.45, 7) is 6.52. The molecule has 1 aliphatic heterocycles. The Morgan fingerprint density at radius 2 is 2.00 bits per heavy atom. The quantitative estimate of drug-likeness (QED) is 0.378. The van der Waals surface area contributed by atoms with Gasteiger partial charge in [0, 0.05) is 42.7 Å². The third kappa shape index (κ3) is 4.66. The van der Waals surface area contributed by atoms with Gasteiger partial charge in [-0.05, 0) is 67.3 Å². The number of nitriles is 1. The smallest absolute Gasteiger partial charge is 0.271 e. The molecule has 2 unspecified atom stereocenters. The van der Waals surface area contributed by atoms with Crippen LogP contribution in [-0.4, -0.2) is 50.2 Å². The van der Waals surface area contributed by atoms with Gasteiger partial charge >= 0.3 is 0 Å². The molecule has 1 saturated heterocycles. The van der Waals surface area contributed by atoms with Crippen LogP contribution in [0.1, 0.15) is 41.5 Å². The highest BCUT2D eigenvalue weighted by atomic mass is 35.5. The Balaban J connectivity index is 1.11. The zero-order valence-electron chi connectivity index (χ0n) is 21.7. The van der Waals surface area contributed by atoms with Gasteiger partial charge in [-0.2, -0.15) is 10.4 Å². The van der Waals surface area contributed by atoms with Gasteiger partial charge in [-0.3, -0.25) is 4.79 Å². The minimum atomic E-state index is -0.227. The lowest BCUT2D eigenvalue weighted by molar-refractivity contribution is 0.0927. The van der Waals surface area contributed by atoms with Gasteiger partial charge in [0.1, 0.15) is 23.3 Å². The first-order valence-electron chi connectivity index (χ1n) is 13.0. The maximum atomic E-state index is 12.7. The van der Waals surface area contributed by atoms with E-state index < -0.39 is 0 Å². The summed E-state index contributed by atoms with van der Waals surface area (Å²) in [6, 6.07) is 11.3. The Kier molecular flexibility index (Phi) is 6.15. The molecule has 2 atom stereocenters. The minimum Gasteiger partial charge on any atom is -0.506 e. The Labute approximate surface area is 231 Å². The number of carbonyl (C=O) groups is 1. The molecule has 9 nitrogen and oxygen atoms in total. The fourth-order valence-corrected chi connectivity index (χ4v) is 6.49. The molecular weight excluding hydrogens is 514 g/mol. The van der Waals surface area contributed by atoms with E-state index in [-0.39, 0.29) is 22.8 Å². The van der Waals surface area contributed by atoms with Crippen molar-refractivity contribution in [2.75, 3.05) is 24.5 Å². The molecule has 0 bridgehead atoms. The normalized spacial score (nSPS) is 22.2. The van der Waals surface area contributed by atoms with Crippen LogP contribution in [0.25, 0.3) is 16.6 Å². The number of rotatable bonds is 5. The second kappa shape index (κ2) is 9.54. The van der Waals surface area contributed by atoms with E-state index in [4.69, 9.17) is 16.6 Å². The lowest BCUT2D eigenvalue weighted by atomic mass is 9.87. The van der Waals surface area contributed by atoms with Crippen LogP contribution < -0.4 is 10.2 Å². The number of halogens is 1. The standard InChI is InChI=1S/C29H28ClN7O2/c1-17-3-5-24(30)26(35-17)28(39)33-16-29(2)8-19-13-36(14-20(19)9-29)25-6-4-18(11-32-25)23-7-22(38)15-37-27(23)21(10-31)12-34-37/h3-7,11-12,15,19-20,38H,8-9,13-14,16H2,1-2H3,(H,33,39). The third-order valence-electron chi connectivity index (χ3n) is 8.06. The fourth-order valence-electron chi connectivity index (χ4n) is 6.30. The summed E-state index contributed by atoms with van der Waals surface area (Å²) in [7, 11) is 0. The molecule has 6 rings (SSSR count). The molecule has 2 N–H and O–H groups in total. The van der Waals surface area contributed by atoms with Crippen molar-refractivity contribution in [3.63, 3.8) is 0 Å². The number of anilines is 1. The molecule has 0 aromatic carbocycles. The molecule has 1 aliphatic carbocycles.